The smallest absolute Gasteiger partial charge is 0.341 e. The van der Waals surface area contributed by atoms with Gasteiger partial charge in [0.2, 0.25) is 9.84 Å². The Bertz CT molecular complexity index is 589. The van der Waals surface area contributed by atoms with Crippen LogP contribution in [0.25, 0.3) is 0 Å². The van der Waals surface area contributed by atoms with E-state index in [4.69, 9.17) is 4.74 Å². The van der Waals surface area contributed by atoms with Gasteiger partial charge in [-0.25, -0.2) is 8.42 Å². The number of rotatable bonds is 7. The van der Waals surface area contributed by atoms with Crippen molar-refractivity contribution in [2.45, 2.75) is 16.8 Å². The number of β-amino-alcohol motifs (C(OH)–C–C–N with tert-alkyl or cyclic N) is 1. The lowest BCUT2D eigenvalue weighted by Crippen LogP contribution is -2.42. The van der Waals surface area contributed by atoms with Crippen LogP contribution in [0.15, 0.2) is 29.2 Å². The number of benzene rings is 1. The van der Waals surface area contributed by atoms with E-state index in [0.717, 1.165) is 25.2 Å². The Labute approximate surface area is 134 Å². The summed E-state index contributed by atoms with van der Waals surface area (Å²) in [6, 6.07) is 5.05. The van der Waals surface area contributed by atoms with E-state index in [1.165, 1.54) is 12.1 Å². The van der Waals surface area contributed by atoms with Crippen molar-refractivity contribution in [2.75, 3.05) is 44.7 Å². The van der Waals surface area contributed by atoms with Crippen molar-refractivity contribution in [1.29, 1.82) is 0 Å². The third-order valence-corrected chi connectivity index (χ3v) is 4.93. The number of aliphatic hydroxyl groups is 1. The molecule has 0 saturated carbocycles. The van der Waals surface area contributed by atoms with Gasteiger partial charge in [-0.05, 0) is 24.3 Å². The van der Waals surface area contributed by atoms with Crippen LogP contribution in [-0.4, -0.2) is 69.7 Å². The highest BCUT2D eigenvalue weighted by atomic mass is 32.2. The molecule has 1 aliphatic rings. The van der Waals surface area contributed by atoms with Gasteiger partial charge in [-0.2, -0.15) is 8.78 Å². The largest absolute Gasteiger partial charge is 0.390 e. The van der Waals surface area contributed by atoms with E-state index in [-0.39, 0.29) is 6.54 Å². The van der Waals surface area contributed by atoms with Crippen LogP contribution in [0.5, 0.6) is 0 Å². The number of sulfone groups is 1. The molecule has 0 radical (unpaired) electrons. The Balaban J connectivity index is 1.84. The van der Waals surface area contributed by atoms with Gasteiger partial charge in [0.15, 0.2) is 0 Å². The topological polar surface area (TPSA) is 78.9 Å². The normalized spacial score (nSPS) is 18.1. The molecule has 1 atom stereocenters. The third kappa shape index (κ3) is 5.10. The molecule has 1 saturated heterocycles. The molecule has 2 N–H and O–H groups in total. The van der Waals surface area contributed by atoms with Crippen LogP contribution in [0.3, 0.4) is 0 Å². The summed E-state index contributed by atoms with van der Waals surface area (Å²) in [7, 11) is -4.57. The van der Waals surface area contributed by atoms with Gasteiger partial charge in [0.25, 0.3) is 0 Å². The minimum Gasteiger partial charge on any atom is -0.390 e. The molecular weight excluding hydrogens is 330 g/mol. The molecule has 0 spiro atoms. The highest BCUT2D eigenvalue weighted by Crippen LogP contribution is 2.20. The van der Waals surface area contributed by atoms with Gasteiger partial charge in [0, 0.05) is 31.9 Å². The Morgan fingerprint density at radius 1 is 1.22 bits per heavy atom. The van der Waals surface area contributed by atoms with E-state index in [2.05, 4.69) is 10.2 Å². The molecule has 9 heteroatoms. The summed E-state index contributed by atoms with van der Waals surface area (Å²) in [4.78, 5) is 1.67. The van der Waals surface area contributed by atoms with E-state index in [0.29, 0.717) is 25.4 Å². The number of aliphatic hydroxyl groups excluding tert-OH is 1. The Morgan fingerprint density at radius 3 is 2.39 bits per heavy atom. The van der Waals surface area contributed by atoms with Crippen LogP contribution in [0.2, 0.25) is 0 Å². The fourth-order valence-corrected chi connectivity index (χ4v) is 2.97. The number of nitrogens with zero attached hydrogens (tertiary/aromatic N) is 1. The molecular formula is C14H20F2N2O4S. The van der Waals surface area contributed by atoms with Crippen LogP contribution in [0.1, 0.15) is 0 Å². The van der Waals surface area contributed by atoms with Crippen LogP contribution < -0.4 is 5.32 Å². The minimum absolute atomic E-state index is 0.276. The summed E-state index contributed by atoms with van der Waals surface area (Å²) < 4.78 is 52.7. The maximum atomic E-state index is 12.4. The van der Waals surface area contributed by atoms with Gasteiger partial charge >= 0.3 is 5.76 Å². The van der Waals surface area contributed by atoms with Crippen molar-refractivity contribution in [3.63, 3.8) is 0 Å². The predicted molar refractivity (Wildman–Crippen MR) is 81.4 cm³/mol. The van der Waals surface area contributed by atoms with Crippen molar-refractivity contribution in [3.8, 4) is 0 Å². The zero-order chi connectivity index (χ0) is 16.9. The second-order valence-corrected chi connectivity index (χ2v) is 7.20. The molecule has 1 unspecified atom stereocenters. The monoisotopic (exact) mass is 350 g/mol. The van der Waals surface area contributed by atoms with Gasteiger partial charge in [-0.15, -0.1) is 0 Å². The molecule has 1 aromatic carbocycles. The molecule has 2 rings (SSSR count). The average molecular weight is 350 g/mol. The number of anilines is 1. The maximum Gasteiger partial charge on any atom is 0.341 e. The molecule has 0 bridgehead atoms. The zero-order valence-corrected chi connectivity index (χ0v) is 13.3. The quantitative estimate of drug-likeness (QED) is 0.757. The summed E-state index contributed by atoms with van der Waals surface area (Å²) in [5, 5.41) is 12.9. The van der Waals surface area contributed by atoms with Gasteiger partial charge in [-0.3, -0.25) is 4.90 Å². The molecule has 130 valence electrons. The Morgan fingerprint density at radius 2 is 1.83 bits per heavy atom. The fraction of sp³-hybridized carbons (Fsp3) is 0.571. The Hall–Kier alpha value is -1.29. The summed E-state index contributed by atoms with van der Waals surface area (Å²) in [6.07, 6.45) is -0.599. The molecule has 1 fully saturated rings. The number of hydrogen-bond acceptors (Lipinski definition) is 6. The zero-order valence-electron chi connectivity index (χ0n) is 12.5. The standard InChI is InChI=1S/C14H20F2N2O4S/c15-14(16)23(20,21)13-3-1-11(2-4-13)17-9-12(19)10-18-5-7-22-8-6-18/h1-4,12,14,17,19H,5-10H2. The highest BCUT2D eigenvalue weighted by Gasteiger charge is 2.26. The van der Waals surface area contributed by atoms with Crippen LogP contribution in [0, 0.1) is 0 Å². The molecule has 6 nitrogen and oxygen atoms in total. The van der Waals surface area contributed by atoms with Crippen molar-refractivity contribution in [1.82, 2.24) is 4.90 Å². The SMILES string of the molecule is O=S(=O)(c1ccc(NCC(O)CN2CCOCC2)cc1)C(F)F. The van der Waals surface area contributed by atoms with Gasteiger partial charge < -0.3 is 15.2 Å². The van der Waals surface area contributed by atoms with E-state index in [1.807, 2.05) is 0 Å². The Kier molecular flexibility index (Phi) is 6.28. The van der Waals surface area contributed by atoms with Crippen LogP contribution >= 0.6 is 0 Å². The third-order valence-electron chi connectivity index (χ3n) is 3.53. The fourth-order valence-electron chi connectivity index (χ4n) is 2.25. The van der Waals surface area contributed by atoms with E-state index in [1.54, 1.807) is 0 Å². The van der Waals surface area contributed by atoms with Crippen molar-refractivity contribution >= 4 is 15.5 Å². The van der Waals surface area contributed by atoms with Gasteiger partial charge in [0.1, 0.15) is 0 Å². The molecule has 0 aliphatic carbocycles. The van der Waals surface area contributed by atoms with Crippen molar-refractivity contribution < 1.29 is 27.0 Å². The lowest BCUT2D eigenvalue weighted by atomic mass is 10.2. The summed E-state index contributed by atoms with van der Waals surface area (Å²) >= 11 is 0. The first-order valence-electron chi connectivity index (χ1n) is 7.24. The second kappa shape index (κ2) is 8.00. The first-order valence-corrected chi connectivity index (χ1v) is 8.78. The molecule has 23 heavy (non-hydrogen) atoms. The number of nitrogens with one attached hydrogen (secondary N) is 1. The first-order chi connectivity index (χ1) is 10.9. The molecule has 1 aliphatic heterocycles. The number of hydrogen-bond donors (Lipinski definition) is 2. The van der Waals surface area contributed by atoms with E-state index < -0.39 is 26.6 Å². The average Bonchev–Trinajstić information content (AvgIpc) is 2.54. The number of halogens is 2. The lowest BCUT2D eigenvalue weighted by Gasteiger charge is -2.28. The van der Waals surface area contributed by atoms with E-state index in [9.17, 15) is 22.3 Å². The number of morpholine rings is 1. The second-order valence-electron chi connectivity index (χ2n) is 5.28. The molecule has 1 aromatic rings. The van der Waals surface area contributed by atoms with Gasteiger partial charge in [-0.1, -0.05) is 0 Å². The maximum absolute atomic E-state index is 12.4. The lowest BCUT2D eigenvalue weighted by molar-refractivity contribution is 0.0171. The highest BCUT2D eigenvalue weighted by molar-refractivity contribution is 7.91. The summed E-state index contributed by atoms with van der Waals surface area (Å²) in [5.41, 5.74) is 0.555. The predicted octanol–water partition coefficient (Wildman–Crippen LogP) is 0.788. The molecule has 0 amide bonds. The number of alkyl halides is 2. The van der Waals surface area contributed by atoms with Crippen molar-refractivity contribution in [3.05, 3.63) is 24.3 Å². The summed E-state index contributed by atoms with van der Waals surface area (Å²) in [5.74, 6) is -3.43. The van der Waals surface area contributed by atoms with Crippen LogP contribution in [-0.2, 0) is 14.6 Å². The molecule has 1 heterocycles. The van der Waals surface area contributed by atoms with Crippen molar-refractivity contribution in [2.24, 2.45) is 0 Å². The van der Waals surface area contributed by atoms with Crippen LogP contribution in [0.4, 0.5) is 14.5 Å². The first kappa shape index (κ1) is 18.1. The summed E-state index contributed by atoms with van der Waals surface area (Å²) in [6.45, 7) is 3.64. The minimum atomic E-state index is -4.57. The number of ether oxygens (including phenoxy) is 1. The van der Waals surface area contributed by atoms with Gasteiger partial charge in [0.05, 0.1) is 24.2 Å². The molecule has 0 aromatic heterocycles. The van der Waals surface area contributed by atoms with E-state index >= 15 is 0 Å².